The molecule has 0 spiro atoms. The van der Waals surface area contributed by atoms with Crippen LogP contribution in [0.25, 0.3) is 10.8 Å². The summed E-state index contributed by atoms with van der Waals surface area (Å²) in [7, 11) is 0. The number of hydrogen-bond acceptors (Lipinski definition) is 2. The summed E-state index contributed by atoms with van der Waals surface area (Å²) in [5.41, 5.74) is 0.729. The summed E-state index contributed by atoms with van der Waals surface area (Å²) in [6, 6.07) is 17.5. The zero-order valence-corrected chi connectivity index (χ0v) is 10.1. The van der Waals surface area contributed by atoms with Gasteiger partial charge in [-0.3, -0.25) is 4.79 Å². The molecule has 0 bridgehead atoms. The average molecular weight is 240 g/mol. The lowest BCUT2D eigenvalue weighted by molar-refractivity contribution is 0.112. The Bertz CT molecular complexity index is 554. The van der Waals surface area contributed by atoms with E-state index < -0.39 is 0 Å². The number of aldehydes is 1. The van der Waals surface area contributed by atoms with Crippen molar-refractivity contribution in [1.82, 2.24) is 0 Å². The predicted molar refractivity (Wildman–Crippen MR) is 73.7 cm³/mol. The van der Waals surface area contributed by atoms with Gasteiger partial charge in [0, 0.05) is 5.56 Å². The molecule has 0 aliphatic carbocycles. The number of carbonyl (C=O) groups is 1. The molecular weight excluding hydrogens is 228 g/mol. The largest absolute Gasteiger partial charge is 0.298 e. The van der Waals surface area contributed by atoms with Crippen molar-refractivity contribution in [2.24, 2.45) is 0 Å². The molecule has 3 rings (SSSR count). The van der Waals surface area contributed by atoms with Crippen molar-refractivity contribution in [2.45, 2.75) is 0 Å². The van der Waals surface area contributed by atoms with E-state index in [1.807, 2.05) is 18.2 Å². The first kappa shape index (κ1) is 11.6. The Morgan fingerprint density at radius 2 is 1.29 bits per heavy atom. The van der Waals surface area contributed by atoms with Gasteiger partial charge < -0.3 is 0 Å². The van der Waals surface area contributed by atoms with Crippen LogP contribution in [0.2, 0.25) is 0 Å². The first-order valence-corrected chi connectivity index (χ1v) is 6.25. The summed E-state index contributed by atoms with van der Waals surface area (Å²) in [4.78, 5) is 10.0. The highest BCUT2D eigenvalue weighted by atomic mass is 32.1. The molecule has 2 aromatic carbocycles. The SMILES string of the molecule is O=Cc1ccccc1.c1ccc2cscc2c1. The van der Waals surface area contributed by atoms with E-state index >= 15 is 0 Å². The molecule has 1 aromatic heterocycles. The minimum absolute atomic E-state index is 0.729. The highest BCUT2D eigenvalue weighted by Gasteiger charge is 1.87. The van der Waals surface area contributed by atoms with Crippen LogP contribution in [-0.2, 0) is 0 Å². The Balaban J connectivity index is 0.000000128. The van der Waals surface area contributed by atoms with Crippen LogP contribution in [0.3, 0.4) is 0 Å². The molecule has 0 aliphatic rings. The van der Waals surface area contributed by atoms with E-state index in [9.17, 15) is 4.79 Å². The third-order valence-corrected chi connectivity index (χ3v) is 3.10. The maximum atomic E-state index is 10.0. The second kappa shape index (κ2) is 5.97. The van der Waals surface area contributed by atoms with Crippen LogP contribution in [0.4, 0.5) is 0 Å². The van der Waals surface area contributed by atoms with Crippen molar-refractivity contribution >= 4 is 28.4 Å². The zero-order chi connectivity index (χ0) is 11.9. The predicted octanol–water partition coefficient (Wildman–Crippen LogP) is 4.40. The quantitative estimate of drug-likeness (QED) is 0.576. The molecule has 2 heteroatoms. The standard InChI is InChI=1S/C8H6S.C7H6O/c1-2-4-8-6-9-5-7(8)3-1;8-6-7-4-2-1-3-5-7/h1-6H;1-6H. The summed E-state index contributed by atoms with van der Waals surface area (Å²) >= 11 is 1.75. The third kappa shape index (κ3) is 3.26. The van der Waals surface area contributed by atoms with Gasteiger partial charge in [0.05, 0.1) is 0 Å². The van der Waals surface area contributed by atoms with Crippen molar-refractivity contribution in [2.75, 3.05) is 0 Å². The fourth-order valence-corrected chi connectivity index (χ4v) is 2.23. The molecule has 0 amide bonds. The van der Waals surface area contributed by atoms with Crippen LogP contribution in [0.1, 0.15) is 10.4 Å². The van der Waals surface area contributed by atoms with E-state index in [1.54, 1.807) is 23.5 Å². The summed E-state index contributed by atoms with van der Waals surface area (Å²) in [6.45, 7) is 0. The molecule has 17 heavy (non-hydrogen) atoms. The fourth-order valence-electron chi connectivity index (χ4n) is 1.44. The molecule has 1 heterocycles. The molecule has 1 nitrogen and oxygen atoms in total. The minimum atomic E-state index is 0.729. The summed E-state index contributed by atoms with van der Waals surface area (Å²) in [5.74, 6) is 0. The topological polar surface area (TPSA) is 17.1 Å². The van der Waals surface area contributed by atoms with Crippen molar-refractivity contribution in [3.8, 4) is 0 Å². The molecule has 0 aliphatic heterocycles. The van der Waals surface area contributed by atoms with E-state index in [2.05, 4.69) is 35.0 Å². The number of carbonyl (C=O) groups excluding carboxylic acids is 1. The number of thiophene rings is 1. The Kier molecular flexibility index (Phi) is 4.05. The number of hydrogen-bond donors (Lipinski definition) is 0. The molecule has 3 aromatic rings. The third-order valence-electron chi connectivity index (χ3n) is 2.32. The van der Waals surface area contributed by atoms with Gasteiger partial charge in [-0.25, -0.2) is 0 Å². The van der Waals surface area contributed by atoms with Gasteiger partial charge in [-0.05, 0) is 21.5 Å². The van der Waals surface area contributed by atoms with Gasteiger partial charge in [0.15, 0.2) is 0 Å². The molecular formula is C15H12OS. The fraction of sp³-hybridized carbons (Fsp3) is 0. The number of benzene rings is 2. The monoisotopic (exact) mass is 240 g/mol. The Hall–Kier alpha value is -1.93. The van der Waals surface area contributed by atoms with E-state index in [0.717, 1.165) is 11.8 Å². The second-order valence-electron chi connectivity index (χ2n) is 3.53. The van der Waals surface area contributed by atoms with Crippen LogP contribution >= 0.6 is 11.3 Å². The van der Waals surface area contributed by atoms with Crippen LogP contribution < -0.4 is 0 Å². The van der Waals surface area contributed by atoms with Crippen molar-refractivity contribution in [3.05, 3.63) is 70.9 Å². The number of rotatable bonds is 1. The van der Waals surface area contributed by atoms with E-state index in [1.165, 1.54) is 10.8 Å². The lowest BCUT2D eigenvalue weighted by Crippen LogP contribution is -1.73. The van der Waals surface area contributed by atoms with Crippen LogP contribution in [0.5, 0.6) is 0 Å². The minimum Gasteiger partial charge on any atom is -0.298 e. The maximum Gasteiger partial charge on any atom is 0.150 e. The smallest absolute Gasteiger partial charge is 0.150 e. The van der Waals surface area contributed by atoms with Gasteiger partial charge in [-0.1, -0.05) is 54.6 Å². The summed E-state index contributed by atoms with van der Waals surface area (Å²) < 4.78 is 0. The Labute approximate surface area is 104 Å². The average Bonchev–Trinajstić information content (AvgIpc) is 2.89. The highest BCUT2D eigenvalue weighted by Crippen LogP contribution is 2.17. The first-order chi connectivity index (χ1) is 8.40. The zero-order valence-electron chi connectivity index (χ0n) is 9.24. The van der Waals surface area contributed by atoms with Gasteiger partial charge in [0.25, 0.3) is 0 Å². The highest BCUT2D eigenvalue weighted by molar-refractivity contribution is 7.09. The molecule has 0 atom stereocenters. The lowest BCUT2D eigenvalue weighted by atomic mass is 10.2. The van der Waals surface area contributed by atoms with Crippen LogP contribution in [0.15, 0.2) is 65.4 Å². The molecule has 0 saturated heterocycles. The molecule has 0 fully saturated rings. The Morgan fingerprint density at radius 1 is 0.765 bits per heavy atom. The van der Waals surface area contributed by atoms with Gasteiger partial charge in [-0.2, -0.15) is 11.3 Å². The lowest BCUT2D eigenvalue weighted by Gasteiger charge is -1.82. The molecule has 0 N–H and O–H groups in total. The van der Waals surface area contributed by atoms with Crippen LogP contribution in [-0.4, -0.2) is 6.29 Å². The van der Waals surface area contributed by atoms with E-state index in [0.29, 0.717) is 0 Å². The second-order valence-corrected chi connectivity index (χ2v) is 4.27. The van der Waals surface area contributed by atoms with Crippen LogP contribution in [0, 0.1) is 0 Å². The van der Waals surface area contributed by atoms with Gasteiger partial charge in [-0.15, -0.1) is 0 Å². The maximum absolute atomic E-state index is 10.0. The van der Waals surface area contributed by atoms with Crippen molar-refractivity contribution in [1.29, 1.82) is 0 Å². The Morgan fingerprint density at radius 3 is 1.76 bits per heavy atom. The normalized spacial score (nSPS) is 9.41. The molecule has 0 radical (unpaired) electrons. The van der Waals surface area contributed by atoms with Gasteiger partial charge in [0.2, 0.25) is 0 Å². The van der Waals surface area contributed by atoms with Gasteiger partial charge in [0.1, 0.15) is 6.29 Å². The summed E-state index contributed by atoms with van der Waals surface area (Å²) in [6.07, 6.45) is 0.833. The first-order valence-electron chi connectivity index (χ1n) is 5.31. The van der Waals surface area contributed by atoms with E-state index in [-0.39, 0.29) is 0 Å². The van der Waals surface area contributed by atoms with E-state index in [4.69, 9.17) is 0 Å². The van der Waals surface area contributed by atoms with Gasteiger partial charge >= 0.3 is 0 Å². The molecule has 0 saturated carbocycles. The summed E-state index contributed by atoms with van der Waals surface area (Å²) in [5, 5.41) is 7.02. The molecule has 0 unspecified atom stereocenters. The molecule has 84 valence electrons. The van der Waals surface area contributed by atoms with Crippen molar-refractivity contribution < 1.29 is 4.79 Å². The van der Waals surface area contributed by atoms with Crippen molar-refractivity contribution in [3.63, 3.8) is 0 Å². The number of fused-ring (bicyclic) bond motifs is 1.